The Labute approximate surface area is 137 Å². The van der Waals surface area contributed by atoms with Crippen LogP contribution in [0, 0.1) is 0 Å². The van der Waals surface area contributed by atoms with E-state index in [0.29, 0.717) is 30.0 Å². The third kappa shape index (κ3) is 2.30. The van der Waals surface area contributed by atoms with Crippen molar-refractivity contribution in [1.82, 2.24) is 20.1 Å². The van der Waals surface area contributed by atoms with E-state index in [9.17, 15) is 9.59 Å². The number of hydrogen-bond donors (Lipinski definition) is 2. The van der Waals surface area contributed by atoms with Crippen LogP contribution in [0.4, 0.5) is 5.82 Å². The number of nitrogens with zero attached hydrogens (tertiary/aromatic N) is 3. The zero-order chi connectivity index (χ0) is 16.7. The Kier molecular flexibility index (Phi) is 3.26. The number of hydrogen-bond acceptors (Lipinski definition) is 4. The van der Waals surface area contributed by atoms with E-state index >= 15 is 0 Å². The molecule has 1 aliphatic heterocycles. The highest BCUT2D eigenvalue weighted by molar-refractivity contribution is 6.11. The number of carbonyl (C=O) groups is 2. The lowest BCUT2D eigenvalue weighted by Gasteiger charge is -2.12. The summed E-state index contributed by atoms with van der Waals surface area (Å²) in [5, 5.41) is 10.8. The Morgan fingerprint density at radius 3 is 2.88 bits per heavy atom. The van der Waals surface area contributed by atoms with Crippen molar-refractivity contribution >= 4 is 28.5 Å². The topological polar surface area (TPSA) is 91.0 Å². The first kappa shape index (κ1) is 14.4. The van der Waals surface area contributed by atoms with Crippen molar-refractivity contribution in [1.29, 1.82) is 0 Å². The van der Waals surface area contributed by atoms with Crippen LogP contribution in [0.5, 0.6) is 0 Å². The molecular weight excluding hydrogens is 306 g/mol. The van der Waals surface area contributed by atoms with Gasteiger partial charge in [0, 0.05) is 24.1 Å². The number of nitrogens with one attached hydrogen (secondary N) is 2. The fraction of sp³-hybridized carbons (Fsp3) is 0.176. The molecule has 120 valence electrons. The van der Waals surface area contributed by atoms with E-state index < -0.39 is 0 Å². The van der Waals surface area contributed by atoms with Crippen molar-refractivity contribution in [3.8, 4) is 0 Å². The molecule has 2 N–H and O–H groups in total. The Bertz CT molecular complexity index is 957. The predicted molar refractivity (Wildman–Crippen MR) is 88.2 cm³/mol. The molecule has 7 nitrogen and oxygen atoms in total. The van der Waals surface area contributed by atoms with Crippen molar-refractivity contribution in [3.63, 3.8) is 0 Å². The highest BCUT2D eigenvalue weighted by Crippen LogP contribution is 2.27. The highest BCUT2D eigenvalue weighted by Gasteiger charge is 2.27. The number of pyridine rings is 1. The van der Waals surface area contributed by atoms with Crippen LogP contribution in [0.25, 0.3) is 10.9 Å². The molecule has 0 spiro atoms. The molecule has 0 saturated carbocycles. The summed E-state index contributed by atoms with van der Waals surface area (Å²) in [7, 11) is 0. The normalized spacial score (nSPS) is 13.1. The average molecular weight is 321 g/mol. The molecule has 3 heterocycles. The highest BCUT2D eigenvalue weighted by atomic mass is 16.2. The van der Waals surface area contributed by atoms with Gasteiger partial charge in [-0.1, -0.05) is 18.2 Å². The molecular formula is C17H15N5O2. The van der Waals surface area contributed by atoms with Crippen LogP contribution in [-0.2, 0) is 17.9 Å². The van der Waals surface area contributed by atoms with E-state index in [-0.39, 0.29) is 11.8 Å². The molecule has 4 rings (SSSR count). The molecule has 1 aliphatic rings. The number of carbonyl (C=O) groups excluding carboxylic acids is 2. The minimum Gasteiger partial charge on any atom is -0.333 e. The quantitative estimate of drug-likeness (QED) is 0.756. The van der Waals surface area contributed by atoms with Crippen LogP contribution >= 0.6 is 0 Å². The largest absolute Gasteiger partial charge is 0.333 e. The third-order valence-corrected chi connectivity index (χ3v) is 4.21. The number of benzene rings is 1. The van der Waals surface area contributed by atoms with Gasteiger partial charge < -0.3 is 10.2 Å². The summed E-state index contributed by atoms with van der Waals surface area (Å²) in [4.78, 5) is 30.2. The predicted octanol–water partition coefficient (Wildman–Crippen LogP) is 2.07. The summed E-state index contributed by atoms with van der Waals surface area (Å²) in [6.45, 7) is 2.47. The molecule has 0 atom stereocenters. The average Bonchev–Trinajstić information content (AvgIpc) is 3.16. The van der Waals surface area contributed by atoms with E-state index in [4.69, 9.17) is 0 Å². The molecule has 24 heavy (non-hydrogen) atoms. The lowest BCUT2D eigenvalue weighted by Crippen LogP contribution is -2.23. The number of rotatable bonds is 2. The fourth-order valence-corrected chi connectivity index (χ4v) is 2.93. The smallest absolute Gasteiger partial charge is 0.259 e. The van der Waals surface area contributed by atoms with Gasteiger partial charge >= 0.3 is 0 Å². The van der Waals surface area contributed by atoms with Gasteiger partial charge in [0.1, 0.15) is 0 Å². The Morgan fingerprint density at radius 2 is 2.04 bits per heavy atom. The number of aromatic nitrogens is 3. The van der Waals surface area contributed by atoms with E-state index in [0.717, 1.165) is 16.6 Å². The lowest BCUT2D eigenvalue weighted by molar-refractivity contribution is -0.129. The number of H-pyrrole nitrogens is 1. The first-order valence-corrected chi connectivity index (χ1v) is 7.60. The zero-order valence-corrected chi connectivity index (χ0v) is 13.0. The van der Waals surface area contributed by atoms with E-state index in [1.807, 2.05) is 24.3 Å². The van der Waals surface area contributed by atoms with Gasteiger partial charge in [-0.15, -0.1) is 0 Å². The summed E-state index contributed by atoms with van der Waals surface area (Å²) >= 11 is 0. The SMILES string of the molecule is CC(=O)N1Cc2[nH]nc(NC(=O)c3cccc4cccnc34)c2C1. The van der Waals surface area contributed by atoms with Crippen molar-refractivity contribution < 1.29 is 9.59 Å². The van der Waals surface area contributed by atoms with Gasteiger partial charge in [-0.25, -0.2) is 0 Å². The first-order valence-electron chi connectivity index (χ1n) is 7.60. The van der Waals surface area contributed by atoms with E-state index in [1.165, 1.54) is 6.92 Å². The molecule has 7 heteroatoms. The molecule has 0 bridgehead atoms. The van der Waals surface area contributed by atoms with Gasteiger partial charge in [-0.05, 0) is 12.1 Å². The minimum atomic E-state index is -0.269. The Hall–Kier alpha value is -3.22. The number of para-hydroxylation sites is 1. The van der Waals surface area contributed by atoms with Crippen LogP contribution in [0.1, 0.15) is 28.5 Å². The van der Waals surface area contributed by atoms with Crippen molar-refractivity contribution in [3.05, 3.63) is 53.3 Å². The van der Waals surface area contributed by atoms with Crippen molar-refractivity contribution in [2.24, 2.45) is 0 Å². The second-order valence-corrected chi connectivity index (χ2v) is 5.74. The van der Waals surface area contributed by atoms with Crippen LogP contribution in [-0.4, -0.2) is 31.9 Å². The van der Waals surface area contributed by atoms with E-state index in [1.54, 1.807) is 17.2 Å². The standard InChI is InChI=1S/C17H15N5O2/c1-10(23)22-8-13-14(9-22)20-21-16(13)19-17(24)12-6-2-4-11-5-3-7-18-15(11)12/h2-7H,8-9H2,1H3,(H2,19,20,21,24). The summed E-state index contributed by atoms with van der Waals surface area (Å²) in [5.74, 6) is 0.191. The van der Waals surface area contributed by atoms with E-state index in [2.05, 4.69) is 20.5 Å². The molecule has 2 amide bonds. The van der Waals surface area contributed by atoms with Crippen LogP contribution in [0.3, 0.4) is 0 Å². The van der Waals surface area contributed by atoms with Crippen LogP contribution in [0.2, 0.25) is 0 Å². The van der Waals surface area contributed by atoms with Gasteiger partial charge in [-0.2, -0.15) is 5.10 Å². The Balaban J connectivity index is 1.63. The van der Waals surface area contributed by atoms with Gasteiger partial charge in [0.25, 0.3) is 5.91 Å². The summed E-state index contributed by atoms with van der Waals surface area (Å²) in [5.41, 5.74) is 2.85. The van der Waals surface area contributed by atoms with Gasteiger partial charge in [0.05, 0.1) is 29.9 Å². The second kappa shape index (κ2) is 5.45. The third-order valence-electron chi connectivity index (χ3n) is 4.21. The number of amides is 2. The molecule has 0 unspecified atom stereocenters. The maximum atomic E-state index is 12.7. The zero-order valence-electron chi connectivity index (χ0n) is 13.0. The first-order chi connectivity index (χ1) is 11.6. The molecule has 0 radical (unpaired) electrons. The summed E-state index contributed by atoms with van der Waals surface area (Å²) < 4.78 is 0. The van der Waals surface area contributed by atoms with Crippen molar-refractivity contribution in [2.75, 3.05) is 5.32 Å². The summed E-state index contributed by atoms with van der Waals surface area (Å²) in [6, 6.07) is 9.22. The lowest BCUT2D eigenvalue weighted by atomic mass is 10.1. The van der Waals surface area contributed by atoms with Crippen LogP contribution in [0.15, 0.2) is 36.5 Å². The number of aromatic amines is 1. The Morgan fingerprint density at radius 1 is 1.21 bits per heavy atom. The maximum absolute atomic E-state index is 12.7. The molecule has 0 aliphatic carbocycles. The monoisotopic (exact) mass is 321 g/mol. The number of fused-ring (bicyclic) bond motifs is 2. The molecule has 0 fully saturated rings. The van der Waals surface area contributed by atoms with Crippen molar-refractivity contribution in [2.45, 2.75) is 20.0 Å². The molecule has 3 aromatic rings. The molecule has 0 saturated heterocycles. The molecule has 2 aromatic heterocycles. The molecule has 1 aromatic carbocycles. The van der Waals surface area contributed by atoms with Crippen LogP contribution < -0.4 is 5.32 Å². The number of anilines is 1. The fourth-order valence-electron chi connectivity index (χ4n) is 2.93. The van der Waals surface area contributed by atoms with Gasteiger partial charge in [0.15, 0.2) is 5.82 Å². The minimum absolute atomic E-state index is 0.00451. The maximum Gasteiger partial charge on any atom is 0.259 e. The summed E-state index contributed by atoms with van der Waals surface area (Å²) in [6.07, 6.45) is 1.66. The van der Waals surface area contributed by atoms with Gasteiger partial charge in [-0.3, -0.25) is 19.7 Å². The van der Waals surface area contributed by atoms with Gasteiger partial charge in [0.2, 0.25) is 5.91 Å². The second-order valence-electron chi connectivity index (χ2n) is 5.74.